The van der Waals surface area contributed by atoms with Crippen LogP contribution < -0.4 is 37.6 Å². The van der Waals surface area contributed by atoms with Gasteiger partial charge in [-0.2, -0.15) is 0 Å². The quantitative estimate of drug-likeness (QED) is 0.0778. The Morgan fingerprint density at radius 3 is 2.09 bits per heavy atom. The standard InChI is InChI=1S/C36H57Cl2N9O6/c1-24(2)21-28(44-35(52)30-9-6-18-47(30)36(53)27(40)7-3-4-16-39)33(50)42-23-32(49)46-17-5-8-29(46)34(51)41-22-31(48)43-25-10-12-26(13-11-25)45(19-14-37)20-15-38/h10-13,24,27-30H,3-9,14-23,39-40H2,1-2H3,(H,41,51)(H,42,50)(H,43,48)(H,44,52)/t27-,28+,29+,30+/m1/s1. The summed E-state index contributed by atoms with van der Waals surface area (Å²) in [6, 6.07) is 4.01. The maximum absolute atomic E-state index is 13.4. The second-order valence-electron chi connectivity index (χ2n) is 13.9. The highest BCUT2D eigenvalue weighted by Crippen LogP contribution is 2.21. The highest BCUT2D eigenvalue weighted by Gasteiger charge is 2.38. The van der Waals surface area contributed by atoms with E-state index < -0.39 is 53.7 Å². The molecule has 4 atom stereocenters. The van der Waals surface area contributed by atoms with E-state index in [-0.39, 0.29) is 24.9 Å². The summed E-state index contributed by atoms with van der Waals surface area (Å²) in [4.78, 5) is 83.6. The van der Waals surface area contributed by atoms with Gasteiger partial charge in [-0.25, -0.2) is 0 Å². The monoisotopic (exact) mass is 781 g/mol. The van der Waals surface area contributed by atoms with Crippen molar-refractivity contribution >= 4 is 70.0 Å². The molecule has 8 N–H and O–H groups in total. The van der Waals surface area contributed by atoms with Gasteiger partial charge in [-0.05, 0) is 81.7 Å². The van der Waals surface area contributed by atoms with Crippen LogP contribution in [0.5, 0.6) is 0 Å². The number of carbonyl (C=O) groups excluding carboxylic acids is 6. The molecule has 296 valence electrons. The Labute approximate surface area is 322 Å². The van der Waals surface area contributed by atoms with Crippen LogP contribution in [-0.4, -0.2) is 127 Å². The van der Waals surface area contributed by atoms with Gasteiger partial charge in [-0.15, -0.1) is 23.2 Å². The number of rotatable bonds is 21. The zero-order chi connectivity index (χ0) is 38.9. The highest BCUT2D eigenvalue weighted by atomic mass is 35.5. The fourth-order valence-corrected chi connectivity index (χ4v) is 7.07. The first-order chi connectivity index (χ1) is 25.4. The van der Waals surface area contributed by atoms with Gasteiger partial charge in [-0.1, -0.05) is 20.3 Å². The molecule has 3 rings (SSSR count). The number of hydrogen-bond acceptors (Lipinski definition) is 9. The third-order valence-corrected chi connectivity index (χ3v) is 9.74. The SMILES string of the molecule is CC(C)C[C@H](NC(=O)[C@@H]1CCCN1C(=O)[C@H](N)CCCCN)C(=O)NCC(=O)N1CCC[C@H]1C(=O)NCC(=O)Nc1ccc(N(CCCl)CCCl)cc1. The fourth-order valence-electron chi connectivity index (χ4n) is 6.66. The van der Waals surface area contributed by atoms with Crippen molar-refractivity contribution in [3.05, 3.63) is 24.3 Å². The number of unbranched alkanes of at least 4 members (excludes halogenated alkanes) is 1. The van der Waals surface area contributed by atoms with Crippen molar-refractivity contribution in [2.24, 2.45) is 17.4 Å². The van der Waals surface area contributed by atoms with Crippen molar-refractivity contribution in [1.29, 1.82) is 0 Å². The van der Waals surface area contributed by atoms with E-state index in [2.05, 4.69) is 21.3 Å². The van der Waals surface area contributed by atoms with Gasteiger partial charge in [0.2, 0.25) is 35.4 Å². The Kier molecular flexibility index (Phi) is 18.6. The van der Waals surface area contributed by atoms with Gasteiger partial charge in [0, 0.05) is 49.3 Å². The molecule has 0 aromatic heterocycles. The first-order valence-electron chi connectivity index (χ1n) is 18.6. The Balaban J connectivity index is 1.50. The van der Waals surface area contributed by atoms with Crippen molar-refractivity contribution in [1.82, 2.24) is 25.8 Å². The summed E-state index contributed by atoms with van der Waals surface area (Å²) in [7, 11) is 0. The number of hydrogen-bond donors (Lipinski definition) is 6. The van der Waals surface area contributed by atoms with E-state index in [0.29, 0.717) is 95.1 Å². The number of carbonyl (C=O) groups is 6. The van der Waals surface area contributed by atoms with E-state index >= 15 is 0 Å². The summed E-state index contributed by atoms with van der Waals surface area (Å²) in [5.41, 5.74) is 13.2. The first kappa shape index (κ1) is 43.7. The average molecular weight is 783 g/mol. The van der Waals surface area contributed by atoms with Crippen molar-refractivity contribution in [2.45, 2.75) is 89.4 Å². The minimum absolute atomic E-state index is 0.0368. The van der Waals surface area contributed by atoms with E-state index in [0.717, 1.165) is 12.1 Å². The molecule has 0 spiro atoms. The van der Waals surface area contributed by atoms with E-state index in [9.17, 15) is 28.8 Å². The lowest BCUT2D eigenvalue weighted by molar-refractivity contribution is -0.141. The van der Waals surface area contributed by atoms with Crippen LogP contribution >= 0.6 is 23.2 Å². The van der Waals surface area contributed by atoms with Gasteiger partial charge in [0.25, 0.3) is 0 Å². The average Bonchev–Trinajstić information content (AvgIpc) is 3.83. The van der Waals surface area contributed by atoms with E-state index in [1.54, 1.807) is 12.1 Å². The van der Waals surface area contributed by atoms with Crippen LogP contribution in [0.25, 0.3) is 0 Å². The normalized spacial score (nSPS) is 18.0. The van der Waals surface area contributed by atoms with E-state index in [1.807, 2.05) is 30.9 Å². The zero-order valence-electron chi connectivity index (χ0n) is 30.9. The van der Waals surface area contributed by atoms with Gasteiger partial charge in [0.15, 0.2) is 0 Å². The third kappa shape index (κ3) is 13.6. The summed E-state index contributed by atoms with van der Waals surface area (Å²) >= 11 is 11.8. The number of halogens is 2. The maximum atomic E-state index is 13.4. The number of amides is 6. The minimum atomic E-state index is -0.936. The van der Waals surface area contributed by atoms with Gasteiger partial charge in [-0.3, -0.25) is 28.8 Å². The zero-order valence-corrected chi connectivity index (χ0v) is 32.4. The summed E-state index contributed by atoms with van der Waals surface area (Å²) in [5, 5.41) is 10.8. The molecular weight excluding hydrogens is 725 g/mol. The van der Waals surface area contributed by atoms with Crippen LogP contribution in [0.3, 0.4) is 0 Å². The molecule has 0 saturated carbocycles. The number of nitrogens with two attached hydrogens (primary N) is 2. The summed E-state index contributed by atoms with van der Waals surface area (Å²) < 4.78 is 0. The summed E-state index contributed by atoms with van der Waals surface area (Å²) in [6.45, 7) is 5.66. The molecule has 2 aliphatic heterocycles. The number of nitrogens with one attached hydrogen (secondary N) is 4. The lowest BCUT2D eigenvalue weighted by Gasteiger charge is -2.29. The lowest BCUT2D eigenvalue weighted by Crippen LogP contribution is -2.56. The van der Waals surface area contributed by atoms with Crippen LogP contribution in [0.15, 0.2) is 24.3 Å². The fraction of sp³-hybridized carbons (Fsp3) is 0.667. The van der Waals surface area contributed by atoms with Gasteiger partial charge >= 0.3 is 0 Å². The van der Waals surface area contributed by atoms with Crippen LogP contribution in [0.1, 0.15) is 65.2 Å². The van der Waals surface area contributed by atoms with Crippen LogP contribution in [0.2, 0.25) is 0 Å². The molecule has 1 aromatic rings. The molecule has 2 fully saturated rings. The molecule has 2 heterocycles. The number of likely N-dealkylation sites (tertiary alicyclic amines) is 2. The van der Waals surface area contributed by atoms with Crippen molar-refractivity contribution in [3.63, 3.8) is 0 Å². The molecule has 1 aromatic carbocycles. The molecular formula is C36H57Cl2N9O6. The number of nitrogens with zero attached hydrogens (tertiary/aromatic N) is 3. The molecule has 0 aliphatic carbocycles. The Hall–Kier alpha value is -3.66. The smallest absolute Gasteiger partial charge is 0.243 e. The largest absolute Gasteiger partial charge is 0.369 e. The van der Waals surface area contributed by atoms with Gasteiger partial charge < -0.3 is 47.4 Å². The number of anilines is 2. The predicted octanol–water partition coefficient (Wildman–Crippen LogP) is 1.11. The molecule has 0 bridgehead atoms. The van der Waals surface area contributed by atoms with Crippen molar-refractivity contribution in [2.75, 3.05) is 67.8 Å². The Morgan fingerprint density at radius 1 is 0.868 bits per heavy atom. The minimum Gasteiger partial charge on any atom is -0.369 e. The molecule has 17 heteroatoms. The molecule has 2 aliphatic rings. The first-order valence-corrected chi connectivity index (χ1v) is 19.6. The molecule has 0 radical (unpaired) electrons. The van der Waals surface area contributed by atoms with Gasteiger partial charge in [0.1, 0.15) is 18.1 Å². The van der Waals surface area contributed by atoms with E-state index in [4.69, 9.17) is 34.7 Å². The summed E-state index contributed by atoms with van der Waals surface area (Å²) in [5.74, 6) is -1.69. The Morgan fingerprint density at radius 2 is 1.49 bits per heavy atom. The second-order valence-corrected chi connectivity index (χ2v) is 14.7. The third-order valence-electron chi connectivity index (χ3n) is 9.40. The molecule has 6 amide bonds. The molecule has 53 heavy (non-hydrogen) atoms. The van der Waals surface area contributed by atoms with Crippen molar-refractivity contribution in [3.8, 4) is 0 Å². The summed E-state index contributed by atoms with van der Waals surface area (Å²) in [6.07, 6.45) is 4.35. The van der Waals surface area contributed by atoms with Crippen LogP contribution in [0.4, 0.5) is 11.4 Å². The maximum Gasteiger partial charge on any atom is 0.243 e. The highest BCUT2D eigenvalue weighted by molar-refractivity contribution is 6.18. The molecule has 2 saturated heterocycles. The predicted molar refractivity (Wildman–Crippen MR) is 206 cm³/mol. The molecule has 0 unspecified atom stereocenters. The van der Waals surface area contributed by atoms with Gasteiger partial charge in [0.05, 0.1) is 19.1 Å². The molecule has 15 nitrogen and oxygen atoms in total. The number of benzene rings is 1. The van der Waals surface area contributed by atoms with Crippen LogP contribution in [-0.2, 0) is 28.8 Å². The topological polar surface area (TPSA) is 212 Å². The van der Waals surface area contributed by atoms with Crippen molar-refractivity contribution < 1.29 is 28.8 Å². The van der Waals surface area contributed by atoms with Crippen LogP contribution in [0, 0.1) is 5.92 Å². The lowest BCUT2D eigenvalue weighted by atomic mass is 10.0. The Bertz CT molecular complexity index is 1380. The number of alkyl halides is 2. The van der Waals surface area contributed by atoms with E-state index in [1.165, 1.54) is 9.80 Å². The second kappa shape index (κ2) is 22.5.